The number of sulfonamides is 1. The zero-order valence-electron chi connectivity index (χ0n) is 12.2. The molecule has 1 amide bonds. The molecule has 0 saturated heterocycles. The molecule has 0 spiro atoms. The molecule has 2 aromatic rings. The minimum Gasteiger partial charge on any atom is -0.349 e. The number of rotatable bonds is 6. The topological polar surface area (TPSA) is 92.3 Å². The van der Waals surface area contributed by atoms with E-state index in [1.54, 1.807) is 23.7 Å². The molecule has 0 unspecified atom stereocenters. The molecule has 0 aliphatic heterocycles. The summed E-state index contributed by atoms with van der Waals surface area (Å²) in [6.07, 6.45) is 4.20. The number of amides is 1. The van der Waals surface area contributed by atoms with Crippen molar-refractivity contribution < 1.29 is 13.2 Å². The fraction of sp³-hybridized carbons (Fsp3) is 0.308. The zero-order chi connectivity index (χ0) is 16.2. The van der Waals surface area contributed by atoms with Crippen molar-refractivity contribution in [2.75, 3.05) is 19.8 Å². The summed E-state index contributed by atoms with van der Waals surface area (Å²) in [6.45, 7) is -0.0394. The van der Waals surface area contributed by atoms with Gasteiger partial charge in [-0.2, -0.15) is 15.6 Å². The zero-order valence-corrected chi connectivity index (χ0v) is 13.8. The van der Waals surface area contributed by atoms with Crippen LogP contribution in [0.2, 0.25) is 0 Å². The molecule has 2 rings (SSSR count). The van der Waals surface area contributed by atoms with E-state index in [0.717, 1.165) is 16.1 Å². The summed E-state index contributed by atoms with van der Waals surface area (Å²) in [5.74, 6) is -0.394. The van der Waals surface area contributed by atoms with Gasteiger partial charge in [-0.05, 0) is 11.4 Å². The van der Waals surface area contributed by atoms with E-state index in [0.29, 0.717) is 11.4 Å². The number of likely N-dealkylation sites (N-methyl/N-ethyl adjacent to an activating group) is 1. The maximum Gasteiger partial charge on any atom is 0.235 e. The van der Waals surface area contributed by atoms with Crippen molar-refractivity contribution in [1.82, 2.24) is 19.6 Å². The van der Waals surface area contributed by atoms with Crippen LogP contribution in [0.15, 0.2) is 29.2 Å². The van der Waals surface area contributed by atoms with Gasteiger partial charge in [0.15, 0.2) is 0 Å². The van der Waals surface area contributed by atoms with Crippen LogP contribution >= 0.6 is 11.3 Å². The second-order valence-corrected chi connectivity index (χ2v) is 7.53. The first-order valence-electron chi connectivity index (χ1n) is 6.38. The molecule has 0 aliphatic carbocycles. The van der Waals surface area contributed by atoms with Crippen LogP contribution in [0.3, 0.4) is 0 Å². The van der Waals surface area contributed by atoms with E-state index in [9.17, 15) is 13.2 Å². The third-order valence-corrected chi connectivity index (χ3v) is 4.90. The van der Waals surface area contributed by atoms with Crippen LogP contribution in [0.4, 0.5) is 0 Å². The van der Waals surface area contributed by atoms with E-state index >= 15 is 0 Å². The lowest BCUT2D eigenvalue weighted by atomic mass is 10.2. The summed E-state index contributed by atoms with van der Waals surface area (Å²) in [4.78, 5) is 20.3. The third kappa shape index (κ3) is 4.33. The van der Waals surface area contributed by atoms with Gasteiger partial charge >= 0.3 is 0 Å². The molecule has 0 radical (unpaired) electrons. The second-order valence-electron chi connectivity index (χ2n) is 4.66. The van der Waals surface area contributed by atoms with Gasteiger partial charge in [-0.1, -0.05) is 0 Å². The fourth-order valence-electron chi connectivity index (χ4n) is 1.69. The SMILES string of the molecule is CN(CC(=O)NCc1nccnc1-c1ccsc1)S(C)(=O)=O. The summed E-state index contributed by atoms with van der Waals surface area (Å²) < 4.78 is 23.5. The number of nitrogens with one attached hydrogen (secondary N) is 1. The van der Waals surface area contributed by atoms with Gasteiger partial charge in [0.1, 0.15) is 0 Å². The highest BCUT2D eigenvalue weighted by atomic mass is 32.2. The van der Waals surface area contributed by atoms with E-state index in [1.807, 2.05) is 16.8 Å². The summed E-state index contributed by atoms with van der Waals surface area (Å²) in [6, 6.07) is 1.93. The van der Waals surface area contributed by atoms with Crippen molar-refractivity contribution in [3.63, 3.8) is 0 Å². The third-order valence-electron chi connectivity index (χ3n) is 2.95. The van der Waals surface area contributed by atoms with Crippen molar-refractivity contribution in [3.8, 4) is 11.3 Å². The van der Waals surface area contributed by atoms with E-state index in [1.165, 1.54) is 7.05 Å². The number of hydrogen-bond donors (Lipinski definition) is 1. The predicted molar refractivity (Wildman–Crippen MR) is 84.7 cm³/mol. The number of carbonyl (C=O) groups excluding carboxylic acids is 1. The number of nitrogens with zero attached hydrogens (tertiary/aromatic N) is 3. The number of carbonyl (C=O) groups is 1. The Balaban J connectivity index is 2.02. The molecule has 9 heteroatoms. The minimum atomic E-state index is -3.38. The Bertz CT molecular complexity index is 744. The molecular formula is C13H16N4O3S2. The largest absolute Gasteiger partial charge is 0.349 e. The van der Waals surface area contributed by atoms with Crippen LogP contribution in [0.5, 0.6) is 0 Å². The van der Waals surface area contributed by atoms with Crippen LogP contribution in [0, 0.1) is 0 Å². The molecule has 2 aromatic heterocycles. The molecule has 0 aromatic carbocycles. The highest BCUT2D eigenvalue weighted by molar-refractivity contribution is 7.88. The average molecular weight is 340 g/mol. The van der Waals surface area contributed by atoms with Crippen LogP contribution in [0.25, 0.3) is 11.3 Å². The van der Waals surface area contributed by atoms with Crippen molar-refractivity contribution >= 4 is 27.3 Å². The van der Waals surface area contributed by atoms with Crippen molar-refractivity contribution in [1.29, 1.82) is 0 Å². The maximum absolute atomic E-state index is 11.8. The predicted octanol–water partition coefficient (Wildman–Crippen LogP) is 0.713. The van der Waals surface area contributed by atoms with Gasteiger partial charge in [-0.25, -0.2) is 8.42 Å². The Morgan fingerprint density at radius 1 is 1.36 bits per heavy atom. The number of aromatic nitrogens is 2. The molecular weight excluding hydrogens is 324 g/mol. The molecule has 0 saturated carbocycles. The molecule has 1 N–H and O–H groups in total. The van der Waals surface area contributed by atoms with E-state index < -0.39 is 15.9 Å². The smallest absolute Gasteiger partial charge is 0.235 e. The summed E-state index contributed by atoms with van der Waals surface area (Å²) >= 11 is 1.55. The fourth-order valence-corrected chi connectivity index (χ4v) is 2.69. The quantitative estimate of drug-likeness (QED) is 0.836. The van der Waals surface area contributed by atoms with Crippen LogP contribution < -0.4 is 5.32 Å². The first-order valence-corrected chi connectivity index (χ1v) is 9.17. The Hall–Kier alpha value is -1.84. The van der Waals surface area contributed by atoms with Crippen LogP contribution in [-0.2, 0) is 21.4 Å². The van der Waals surface area contributed by atoms with Gasteiger partial charge in [-0.3, -0.25) is 14.8 Å². The Morgan fingerprint density at radius 2 is 2.09 bits per heavy atom. The minimum absolute atomic E-state index is 0.190. The molecule has 7 nitrogen and oxygen atoms in total. The van der Waals surface area contributed by atoms with Crippen molar-refractivity contribution in [2.24, 2.45) is 0 Å². The first-order chi connectivity index (χ1) is 10.4. The number of thiophene rings is 1. The van der Waals surface area contributed by atoms with E-state index in [4.69, 9.17) is 0 Å². The lowest BCUT2D eigenvalue weighted by Gasteiger charge is -2.14. The van der Waals surface area contributed by atoms with Gasteiger partial charge < -0.3 is 5.32 Å². The lowest BCUT2D eigenvalue weighted by Crippen LogP contribution is -2.37. The van der Waals surface area contributed by atoms with Crippen molar-refractivity contribution in [2.45, 2.75) is 6.54 Å². The van der Waals surface area contributed by atoms with Gasteiger partial charge in [0.25, 0.3) is 0 Å². The van der Waals surface area contributed by atoms with Crippen LogP contribution in [0.1, 0.15) is 5.69 Å². The molecule has 22 heavy (non-hydrogen) atoms. The first kappa shape index (κ1) is 16.5. The van der Waals surface area contributed by atoms with Gasteiger partial charge in [-0.15, -0.1) is 0 Å². The average Bonchev–Trinajstić information content (AvgIpc) is 2.98. The molecule has 118 valence electrons. The normalized spacial score (nSPS) is 11.6. The Labute approximate surface area is 133 Å². The molecule has 0 aliphatic rings. The molecule has 0 fully saturated rings. The molecule has 2 heterocycles. The second kappa shape index (κ2) is 6.95. The Morgan fingerprint density at radius 3 is 2.73 bits per heavy atom. The molecule has 0 bridgehead atoms. The van der Waals surface area contributed by atoms with Gasteiger partial charge in [0.2, 0.25) is 15.9 Å². The highest BCUT2D eigenvalue weighted by Gasteiger charge is 2.16. The van der Waals surface area contributed by atoms with Gasteiger partial charge in [0.05, 0.1) is 30.7 Å². The summed E-state index contributed by atoms with van der Waals surface area (Å²) in [7, 11) is -2.02. The van der Waals surface area contributed by atoms with Crippen LogP contribution in [-0.4, -0.2) is 48.4 Å². The standard InChI is InChI=1S/C13H16N4O3S2/c1-17(22(2,19)20)8-12(18)16-7-11-13(15-5-4-14-11)10-3-6-21-9-10/h3-6,9H,7-8H2,1-2H3,(H,16,18). The lowest BCUT2D eigenvalue weighted by molar-refractivity contribution is -0.121. The maximum atomic E-state index is 11.8. The van der Waals surface area contributed by atoms with E-state index in [-0.39, 0.29) is 13.1 Å². The van der Waals surface area contributed by atoms with Gasteiger partial charge in [0, 0.05) is 30.4 Å². The number of hydrogen-bond acceptors (Lipinski definition) is 6. The summed E-state index contributed by atoms with van der Waals surface area (Å²) in [5.41, 5.74) is 2.28. The Kier molecular flexibility index (Phi) is 5.22. The highest BCUT2D eigenvalue weighted by Crippen LogP contribution is 2.22. The van der Waals surface area contributed by atoms with Crippen molar-refractivity contribution in [3.05, 3.63) is 34.9 Å². The summed E-state index contributed by atoms with van der Waals surface area (Å²) in [5, 5.41) is 6.55. The monoisotopic (exact) mass is 340 g/mol. The molecule has 0 atom stereocenters. The van der Waals surface area contributed by atoms with E-state index in [2.05, 4.69) is 15.3 Å².